The van der Waals surface area contributed by atoms with Crippen molar-refractivity contribution in [2.75, 3.05) is 38.7 Å². The third-order valence-corrected chi connectivity index (χ3v) is 11.4. The summed E-state index contributed by atoms with van der Waals surface area (Å²) in [4.78, 5) is 29.1. The molecule has 2 aromatic rings. The Morgan fingerprint density at radius 2 is 1.83 bits per heavy atom. The number of aliphatic hydroxyl groups excluding tert-OH is 1. The number of amides is 2. The van der Waals surface area contributed by atoms with Crippen LogP contribution in [0.4, 0.5) is 5.69 Å². The second-order valence-corrected chi connectivity index (χ2v) is 15.3. The van der Waals surface area contributed by atoms with Crippen LogP contribution < -0.4 is 10.1 Å². The molecule has 4 rings (SSSR count). The molecule has 2 heterocycles. The molecule has 4 atom stereocenters. The Morgan fingerprint density at radius 1 is 1.13 bits per heavy atom. The highest BCUT2D eigenvalue weighted by molar-refractivity contribution is 7.89. The molecule has 1 aliphatic heterocycles. The van der Waals surface area contributed by atoms with Gasteiger partial charge in [0.15, 0.2) is 5.76 Å². The Morgan fingerprint density at radius 3 is 2.49 bits per heavy atom. The zero-order chi connectivity index (χ0) is 34.3. The van der Waals surface area contributed by atoms with Crippen molar-refractivity contribution in [2.24, 2.45) is 11.8 Å². The van der Waals surface area contributed by atoms with Gasteiger partial charge in [-0.2, -0.15) is 4.31 Å². The molecular weight excluding hydrogens is 624 g/mol. The van der Waals surface area contributed by atoms with E-state index >= 15 is 0 Å². The number of nitrogens with zero attached hydrogens (tertiary/aromatic N) is 3. The number of aliphatic hydroxyl groups is 1. The van der Waals surface area contributed by atoms with E-state index in [1.165, 1.54) is 11.4 Å². The minimum Gasteiger partial charge on any atom is -0.490 e. The van der Waals surface area contributed by atoms with Crippen LogP contribution in [0, 0.1) is 25.7 Å². The summed E-state index contributed by atoms with van der Waals surface area (Å²) in [6.07, 6.45) is 6.43. The van der Waals surface area contributed by atoms with Gasteiger partial charge in [-0.05, 0) is 78.0 Å². The molecule has 0 unspecified atom stereocenters. The van der Waals surface area contributed by atoms with Crippen LogP contribution in [0.1, 0.15) is 93.9 Å². The lowest BCUT2D eigenvalue weighted by Crippen LogP contribution is -2.48. The molecule has 262 valence electrons. The topological polar surface area (TPSA) is 152 Å². The smallest absolute Gasteiger partial charge is 0.258 e. The van der Waals surface area contributed by atoms with Crippen molar-refractivity contribution < 1.29 is 37.1 Å². The molecule has 1 aliphatic carbocycles. The van der Waals surface area contributed by atoms with Crippen molar-refractivity contribution in [2.45, 2.75) is 109 Å². The van der Waals surface area contributed by atoms with E-state index < -0.39 is 22.2 Å². The van der Waals surface area contributed by atoms with E-state index in [2.05, 4.69) is 10.5 Å². The average Bonchev–Trinajstić information content (AvgIpc) is 3.40. The molecule has 0 spiro atoms. The highest BCUT2D eigenvalue weighted by Gasteiger charge is 2.34. The highest BCUT2D eigenvalue weighted by Crippen LogP contribution is 2.31. The number of carbonyl (C=O) groups excluding carboxylic acids is 2. The van der Waals surface area contributed by atoms with Crippen LogP contribution in [0.3, 0.4) is 0 Å². The van der Waals surface area contributed by atoms with Gasteiger partial charge in [0.1, 0.15) is 16.3 Å². The minimum atomic E-state index is -3.93. The number of nitrogens with one attached hydrogen (secondary N) is 1. The summed E-state index contributed by atoms with van der Waals surface area (Å²) >= 11 is 0. The number of sulfonamides is 1. The number of carbonyl (C=O) groups is 2. The van der Waals surface area contributed by atoms with Crippen LogP contribution in [0.2, 0.25) is 0 Å². The fourth-order valence-corrected chi connectivity index (χ4v) is 7.89. The number of benzene rings is 1. The van der Waals surface area contributed by atoms with Gasteiger partial charge in [0, 0.05) is 44.3 Å². The summed E-state index contributed by atoms with van der Waals surface area (Å²) in [5.74, 6) is -0.148. The monoisotopic (exact) mass is 676 g/mol. The zero-order valence-electron chi connectivity index (χ0n) is 28.7. The first-order valence-electron chi connectivity index (χ1n) is 16.9. The second kappa shape index (κ2) is 16.4. The normalized spacial score (nSPS) is 23.1. The number of aryl methyl sites for hydroxylation is 2. The lowest BCUT2D eigenvalue weighted by molar-refractivity contribution is -0.120. The Balaban J connectivity index is 1.64. The summed E-state index contributed by atoms with van der Waals surface area (Å²) < 4.78 is 46.1. The molecule has 2 aliphatic rings. The predicted molar refractivity (Wildman–Crippen MR) is 178 cm³/mol. The maximum absolute atomic E-state index is 14.4. The van der Waals surface area contributed by atoms with Crippen LogP contribution in [0.15, 0.2) is 27.6 Å². The molecule has 1 aromatic heterocycles. The van der Waals surface area contributed by atoms with Crippen LogP contribution >= 0.6 is 0 Å². The molecule has 2 amide bonds. The van der Waals surface area contributed by atoms with Crippen LogP contribution in [0.25, 0.3) is 0 Å². The number of anilines is 1. The number of aromatic nitrogens is 1. The highest BCUT2D eigenvalue weighted by atomic mass is 32.2. The minimum absolute atomic E-state index is 0.0382. The first-order valence-corrected chi connectivity index (χ1v) is 18.3. The molecule has 1 aromatic carbocycles. The number of fused-ring (bicyclic) bond motifs is 1. The van der Waals surface area contributed by atoms with Gasteiger partial charge in [-0.1, -0.05) is 31.3 Å². The van der Waals surface area contributed by atoms with Crippen LogP contribution in [-0.4, -0.2) is 91.3 Å². The van der Waals surface area contributed by atoms with Gasteiger partial charge in [0.2, 0.25) is 15.9 Å². The van der Waals surface area contributed by atoms with Gasteiger partial charge >= 0.3 is 0 Å². The molecule has 13 heteroatoms. The standard InChI is InChI=1S/C34H52N4O8S/c1-22-19-38(23(2)21-39)34(41)29-18-28(35-33(40)27-13-8-7-9-14-27)15-16-30(29)45-24(3)12-10-11-17-44-31(22)20-37(6)47(42,43)32-25(4)36-46-26(32)5/h15-16,18,22-24,27,31,39H,7-14,17,19-21H2,1-6H3,(H,35,40)/t22-,23+,24+,31+/m1/s1. The van der Waals surface area contributed by atoms with Gasteiger partial charge in [-0.15, -0.1) is 0 Å². The molecule has 12 nitrogen and oxygen atoms in total. The maximum Gasteiger partial charge on any atom is 0.258 e. The van der Waals surface area contributed by atoms with E-state index in [1.54, 1.807) is 43.9 Å². The summed E-state index contributed by atoms with van der Waals surface area (Å²) in [6.45, 7) is 9.12. The maximum atomic E-state index is 14.4. The van der Waals surface area contributed by atoms with Gasteiger partial charge in [0.25, 0.3) is 5.91 Å². The van der Waals surface area contributed by atoms with Crippen molar-refractivity contribution in [3.8, 4) is 5.75 Å². The molecular formula is C34H52N4O8S. The van der Waals surface area contributed by atoms with Crippen LogP contribution in [-0.2, 0) is 19.6 Å². The Bertz CT molecular complexity index is 1450. The Kier molecular flexibility index (Phi) is 12.9. The summed E-state index contributed by atoms with van der Waals surface area (Å²) in [6, 6.07) is 4.60. The van der Waals surface area contributed by atoms with E-state index in [4.69, 9.17) is 14.0 Å². The summed E-state index contributed by atoms with van der Waals surface area (Å²) in [5.41, 5.74) is 1.09. The third-order valence-electron chi connectivity index (χ3n) is 9.37. The van der Waals surface area contributed by atoms with Gasteiger partial charge in [-0.25, -0.2) is 8.42 Å². The van der Waals surface area contributed by atoms with E-state index in [0.717, 1.165) is 44.9 Å². The Labute approximate surface area is 279 Å². The summed E-state index contributed by atoms with van der Waals surface area (Å²) in [7, 11) is -2.43. The number of likely N-dealkylation sites (N-methyl/N-ethyl adjacent to an activating group) is 1. The van der Waals surface area contributed by atoms with Crippen molar-refractivity contribution in [1.29, 1.82) is 0 Å². The molecule has 47 heavy (non-hydrogen) atoms. The van der Waals surface area contributed by atoms with Crippen molar-refractivity contribution in [3.63, 3.8) is 0 Å². The van der Waals surface area contributed by atoms with Gasteiger partial charge in [-0.3, -0.25) is 9.59 Å². The van der Waals surface area contributed by atoms with Crippen LogP contribution in [0.5, 0.6) is 5.75 Å². The predicted octanol–water partition coefficient (Wildman–Crippen LogP) is 4.93. The lowest BCUT2D eigenvalue weighted by Gasteiger charge is -2.35. The van der Waals surface area contributed by atoms with E-state index in [0.29, 0.717) is 30.0 Å². The SMILES string of the molecule is Cc1noc(C)c1S(=O)(=O)N(C)C[C@@H]1OCCCC[C@H](C)Oc2ccc(NC(=O)C3CCCCC3)cc2C(=O)N([C@@H](C)CO)C[C@H]1C. The molecule has 1 fully saturated rings. The van der Waals surface area contributed by atoms with Crippen molar-refractivity contribution >= 4 is 27.5 Å². The zero-order valence-corrected chi connectivity index (χ0v) is 29.5. The molecule has 2 N–H and O–H groups in total. The first kappa shape index (κ1) is 36.8. The fraction of sp³-hybridized carbons (Fsp3) is 0.676. The number of ether oxygens (including phenoxy) is 2. The Hall–Kier alpha value is -3.00. The number of rotatable bonds is 8. The van der Waals surface area contributed by atoms with Crippen molar-refractivity contribution in [1.82, 2.24) is 14.4 Å². The quantitative estimate of drug-likeness (QED) is 0.397. The fourth-order valence-electron chi connectivity index (χ4n) is 6.42. The number of hydrogen-bond acceptors (Lipinski definition) is 9. The molecule has 1 saturated carbocycles. The lowest BCUT2D eigenvalue weighted by atomic mass is 9.88. The molecule has 0 bridgehead atoms. The largest absolute Gasteiger partial charge is 0.490 e. The van der Waals surface area contributed by atoms with E-state index in [1.807, 2.05) is 13.8 Å². The van der Waals surface area contributed by atoms with Gasteiger partial charge in [0.05, 0.1) is 30.4 Å². The van der Waals surface area contributed by atoms with E-state index in [9.17, 15) is 23.1 Å². The molecule has 0 radical (unpaired) electrons. The van der Waals surface area contributed by atoms with Gasteiger partial charge < -0.3 is 29.3 Å². The van der Waals surface area contributed by atoms with E-state index in [-0.39, 0.29) is 65.8 Å². The first-order chi connectivity index (χ1) is 22.3. The summed E-state index contributed by atoms with van der Waals surface area (Å²) in [5, 5.41) is 17.1. The molecule has 0 saturated heterocycles. The third kappa shape index (κ3) is 9.13. The second-order valence-electron chi connectivity index (χ2n) is 13.3. The van der Waals surface area contributed by atoms with Crippen molar-refractivity contribution in [3.05, 3.63) is 35.2 Å². The average molecular weight is 677 g/mol. The number of hydrogen-bond donors (Lipinski definition) is 2.